The molecule has 0 amide bonds. The lowest BCUT2D eigenvalue weighted by Gasteiger charge is -2.09. The second-order valence-corrected chi connectivity index (χ2v) is 5.26. The molecule has 1 aromatic carbocycles. The number of alkyl halides is 1. The Morgan fingerprint density at radius 3 is 2.67 bits per heavy atom. The topological polar surface area (TPSA) is 31.4 Å². The van der Waals surface area contributed by atoms with Crippen molar-refractivity contribution >= 4 is 22.9 Å². The van der Waals surface area contributed by atoms with Gasteiger partial charge in [-0.25, -0.2) is 4.98 Å². The first-order valence-electron chi connectivity index (χ1n) is 5.44. The van der Waals surface area contributed by atoms with Gasteiger partial charge < -0.3 is 9.47 Å². The van der Waals surface area contributed by atoms with Crippen LogP contribution in [0.25, 0.3) is 11.3 Å². The van der Waals surface area contributed by atoms with Crippen LogP contribution in [0.15, 0.2) is 18.2 Å². The lowest BCUT2D eigenvalue weighted by atomic mass is 10.1. The van der Waals surface area contributed by atoms with Gasteiger partial charge in [-0.3, -0.25) is 0 Å². The number of benzene rings is 1. The number of hydrogen-bond donors (Lipinski definition) is 0. The largest absolute Gasteiger partial charge is 0.497 e. The molecule has 0 bridgehead atoms. The Hall–Kier alpha value is -1.26. The van der Waals surface area contributed by atoms with E-state index in [-0.39, 0.29) is 0 Å². The van der Waals surface area contributed by atoms with Crippen molar-refractivity contribution in [2.24, 2.45) is 0 Å². The molecule has 3 nitrogen and oxygen atoms in total. The van der Waals surface area contributed by atoms with E-state index in [1.165, 1.54) is 0 Å². The Balaban J connectivity index is 2.60. The molecule has 5 heteroatoms. The summed E-state index contributed by atoms with van der Waals surface area (Å²) in [6.45, 7) is 1.97. The van der Waals surface area contributed by atoms with Gasteiger partial charge in [0, 0.05) is 10.4 Å². The summed E-state index contributed by atoms with van der Waals surface area (Å²) in [5.74, 6) is 1.99. The van der Waals surface area contributed by atoms with Gasteiger partial charge in [0.15, 0.2) is 0 Å². The van der Waals surface area contributed by atoms with E-state index in [2.05, 4.69) is 4.98 Å². The van der Waals surface area contributed by atoms with E-state index in [4.69, 9.17) is 21.1 Å². The predicted octanol–water partition coefficient (Wildman–Crippen LogP) is 3.87. The molecule has 96 valence electrons. The number of hydrogen-bond acceptors (Lipinski definition) is 4. The normalized spacial score (nSPS) is 10.4. The van der Waals surface area contributed by atoms with Gasteiger partial charge in [0.05, 0.1) is 30.8 Å². The fraction of sp³-hybridized carbons (Fsp3) is 0.308. The molecular formula is C13H14ClNO2S. The van der Waals surface area contributed by atoms with Gasteiger partial charge in [0.1, 0.15) is 11.5 Å². The predicted molar refractivity (Wildman–Crippen MR) is 74.9 cm³/mol. The number of aromatic nitrogens is 1. The molecule has 2 aromatic rings. The first kappa shape index (κ1) is 13.2. The summed E-state index contributed by atoms with van der Waals surface area (Å²) in [6, 6.07) is 5.66. The third-order valence-electron chi connectivity index (χ3n) is 2.59. The van der Waals surface area contributed by atoms with Crippen molar-refractivity contribution in [3.8, 4) is 22.8 Å². The molecule has 0 saturated carbocycles. The van der Waals surface area contributed by atoms with Crippen LogP contribution in [0.2, 0.25) is 0 Å². The summed E-state index contributed by atoms with van der Waals surface area (Å²) < 4.78 is 10.6. The van der Waals surface area contributed by atoms with Crippen molar-refractivity contribution in [2.75, 3.05) is 14.2 Å². The molecule has 1 aromatic heterocycles. The van der Waals surface area contributed by atoms with Crippen molar-refractivity contribution in [3.05, 3.63) is 28.1 Å². The number of rotatable bonds is 4. The Labute approximate surface area is 115 Å². The van der Waals surface area contributed by atoms with E-state index in [9.17, 15) is 0 Å². The zero-order chi connectivity index (χ0) is 13.1. The average molecular weight is 284 g/mol. The van der Waals surface area contributed by atoms with Gasteiger partial charge in [-0.1, -0.05) is 0 Å². The highest BCUT2D eigenvalue weighted by Gasteiger charge is 2.15. The number of aryl methyl sites for hydroxylation is 1. The van der Waals surface area contributed by atoms with Crippen LogP contribution in [0, 0.1) is 6.92 Å². The van der Waals surface area contributed by atoms with Gasteiger partial charge in [-0.05, 0) is 25.1 Å². The molecule has 0 N–H and O–H groups in total. The van der Waals surface area contributed by atoms with E-state index in [0.717, 1.165) is 32.6 Å². The molecule has 2 rings (SSSR count). The zero-order valence-corrected chi connectivity index (χ0v) is 12.1. The molecule has 0 saturated heterocycles. The number of ether oxygens (including phenoxy) is 2. The molecule has 0 radical (unpaired) electrons. The van der Waals surface area contributed by atoms with Crippen LogP contribution in [0.5, 0.6) is 11.5 Å². The molecule has 1 heterocycles. The second-order valence-electron chi connectivity index (χ2n) is 3.70. The highest BCUT2D eigenvalue weighted by Crippen LogP contribution is 2.37. The Morgan fingerprint density at radius 1 is 1.28 bits per heavy atom. The van der Waals surface area contributed by atoms with Crippen molar-refractivity contribution in [1.29, 1.82) is 0 Å². The summed E-state index contributed by atoms with van der Waals surface area (Å²) in [5, 5.41) is 0.991. The van der Waals surface area contributed by atoms with Gasteiger partial charge >= 0.3 is 0 Å². The van der Waals surface area contributed by atoms with Crippen LogP contribution < -0.4 is 9.47 Å². The van der Waals surface area contributed by atoms with Crippen molar-refractivity contribution in [1.82, 2.24) is 4.98 Å². The van der Waals surface area contributed by atoms with Gasteiger partial charge in [0.2, 0.25) is 0 Å². The summed E-state index contributed by atoms with van der Waals surface area (Å²) in [7, 11) is 3.28. The summed E-state index contributed by atoms with van der Waals surface area (Å²) >= 11 is 7.57. The minimum Gasteiger partial charge on any atom is -0.497 e. The maximum Gasteiger partial charge on any atom is 0.128 e. The summed E-state index contributed by atoms with van der Waals surface area (Å²) in [6.07, 6.45) is 0. The number of halogens is 1. The molecule has 0 aliphatic rings. The van der Waals surface area contributed by atoms with Gasteiger partial charge in [-0.2, -0.15) is 0 Å². The maximum absolute atomic E-state index is 5.96. The third kappa shape index (κ3) is 2.44. The number of nitrogens with zero attached hydrogens (tertiary/aromatic N) is 1. The van der Waals surface area contributed by atoms with E-state index in [1.54, 1.807) is 25.6 Å². The zero-order valence-electron chi connectivity index (χ0n) is 10.5. The molecular weight excluding hydrogens is 270 g/mol. The van der Waals surface area contributed by atoms with Crippen molar-refractivity contribution in [3.63, 3.8) is 0 Å². The van der Waals surface area contributed by atoms with Crippen LogP contribution in [-0.2, 0) is 5.88 Å². The first-order chi connectivity index (χ1) is 8.69. The van der Waals surface area contributed by atoms with E-state index in [0.29, 0.717) is 5.88 Å². The number of methoxy groups -OCH3 is 2. The van der Waals surface area contributed by atoms with E-state index in [1.807, 2.05) is 25.1 Å². The third-order valence-corrected chi connectivity index (χ3v) is 3.98. The molecule has 0 aliphatic heterocycles. The lowest BCUT2D eigenvalue weighted by molar-refractivity contribution is 0.404. The summed E-state index contributed by atoms with van der Waals surface area (Å²) in [5.41, 5.74) is 1.79. The lowest BCUT2D eigenvalue weighted by Crippen LogP contribution is -1.92. The van der Waals surface area contributed by atoms with E-state index < -0.39 is 0 Å². The van der Waals surface area contributed by atoms with Crippen LogP contribution in [-0.4, -0.2) is 19.2 Å². The fourth-order valence-corrected chi connectivity index (χ4v) is 2.86. The molecule has 0 aliphatic carbocycles. The van der Waals surface area contributed by atoms with E-state index >= 15 is 0 Å². The maximum atomic E-state index is 5.96. The number of thiazole rings is 1. The molecule has 0 atom stereocenters. The molecule has 0 unspecified atom stereocenters. The first-order valence-corrected chi connectivity index (χ1v) is 6.79. The smallest absolute Gasteiger partial charge is 0.128 e. The van der Waals surface area contributed by atoms with Crippen LogP contribution in [0.3, 0.4) is 0 Å². The SMILES string of the molecule is COc1ccc(OC)c(-c2nc(C)sc2CCl)c1. The highest BCUT2D eigenvalue weighted by molar-refractivity contribution is 7.12. The molecule has 0 spiro atoms. The van der Waals surface area contributed by atoms with Crippen LogP contribution >= 0.6 is 22.9 Å². The summed E-state index contributed by atoms with van der Waals surface area (Å²) in [4.78, 5) is 5.58. The second kappa shape index (κ2) is 5.59. The minimum atomic E-state index is 0.446. The molecule has 18 heavy (non-hydrogen) atoms. The average Bonchev–Trinajstić information content (AvgIpc) is 2.79. The molecule has 0 fully saturated rings. The monoisotopic (exact) mass is 283 g/mol. The Bertz CT molecular complexity index is 554. The Morgan fingerprint density at radius 2 is 2.06 bits per heavy atom. The van der Waals surface area contributed by atoms with Crippen molar-refractivity contribution in [2.45, 2.75) is 12.8 Å². The standard InChI is InChI=1S/C13H14ClNO2S/c1-8-15-13(12(7-14)18-8)10-6-9(16-2)4-5-11(10)17-3/h4-6H,7H2,1-3H3. The fourth-order valence-electron chi connectivity index (χ4n) is 1.77. The quantitative estimate of drug-likeness (QED) is 0.798. The van der Waals surface area contributed by atoms with Crippen LogP contribution in [0.4, 0.5) is 0 Å². The minimum absolute atomic E-state index is 0.446. The Kier molecular flexibility index (Phi) is 4.09. The van der Waals surface area contributed by atoms with Crippen molar-refractivity contribution < 1.29 is 9.47 Å². The van der Waals surface area contributed by atoms with Gasteiger partial charge in [-0.15, -0.1) is 22.9 Å². The van der Waals surface area contributed by atoms with Crippen LogP contribution in [0.1, 0.15) is 9.88 Å². The van der Waals surface area contributed by atoms with Gasteiger partial charge in [0.25, 0.3) is 0 Å². The highest BCUT2D eigenvalue weighted by atomic mass is 35.5.